The Morgan fingerprint density at radius 3 is 2.96 bits per heavy atom. The number of fused-ring (bicyclic) bond motifs is 2. The van der Waals surface area contributed by atoms with E-state index < -0.39 is 0 Å². The Morgan fingerprint density at radius 2 is 2.17 bits per heavy atom. The van der Waals surface area contributed by atoms with Crippen molar-refractivity contribution in [2.75, 3.05) is 6.61 Å². The predicted octanol–water partition coefficient (Wildman–Crippen LogP) is 2.03. The maximum absolute atomic E-state index is 9.37. The van der Waals surface area contributed by atoms with E-state index in [2.05, 4.69) is 36.8 Å². The molecule has 0 aliphatic carbocycles. The fraction of sp³-hybridized carbons (Fsp3) is 0.143. The summed E-state index contributed by atoms with van der Waals surface area (Å²) in [6, 6.07) is 5.68. The van der Waals surface area contributed by atoms with Crippen molar-refractivity contribution in [1.29, 1.82) is 0 Å². The monoisotopic (exact) mass is 437 g/mol. The standard InChI is InChI=1S/C14H9AsClN5OS2/c15-11-9-12(18-6-17-11)21(4-5-22)13(20-9)24-14-19-8-3-1-2-7(16)10(8)23-14/h1-3,6,22H,4-5H2. The zero-order chi connectivity index (χ0) is 16.7. The van der Waals surface area contributed by atoms with E-state index in [1.807, 2.05) is 22.8 Å². The van der Waals surface area contributed by atoms with Crippen LogP contribution in [0, 0.1) is 0 Å². The van der Waals surface area contributed by atoms with Crippen LogP contribution >= 0.6 is 34.7 Å². The van der Waals surface area contributed by atoms with Crippen LogP contribution in [0.3, 0.4) is 0 Å². The number of hydrogen-bond acceptors (Lipinski definition) is 7. The van der Waals surface area contributed by atoms with Gasteiger partial charge in [-0.15, -0.1) is 0 Å². The first kappa shape index (κ1) is 16.3. The third-order valence-electron chi connectivity index (χ3n) is 3.33. The number of aliphatic hydroxyl groups is 1. The van der Waals surface area contributed by atoms with Gasteiger partial charge >= 0.3 is 159 Å². The van der Waals surface area contributed by atoms with Gasteiger partial charge in [-0.05, 0) is 0 Å². The molecule has 3 aromatic heterocycles. The Bertz CT molecular complexity index is 1050. The maximum atomic E-state index is 9.37. The molecule has 2 radical (unpaired) electrons. The summed E-state index contributed by atoms with van der Waals surface area (Å²) in [4.78, 5) is 17.7. The third kappa shape index (κ3) is 2.82. The van der Waals surface area contributed by atoms with E-state index in [-0.39, 0.29) is 6.61 Å². The Hall–Kier alpha value is -1.18. The fourth-order valence-electron chi connectivity index (χ4n) is 2.30. The Morgan fingerprint density at radius 1 is 1.29 bits per heavy atom. The van der Waals surface area contributed by atoms with E-state index in [9.17, 15) is 5.11 Å². The molecule has 120 valence electrons. The quantitative estimate of drug-likeness (QED) is 0.492. The van der Waals surface area contributed by atoms with Gasteiger partial charge in [-0.25, -0.2) is 0 Å². The van der Waals surface area contributed by atoms with E-state index >= 15 is 0 Å². The SMILES string of the molecule is OCCn1c(Sc2nc3cccc(Cl)c3s2)nc2c([As])ncnc21. The molecule has 4 aromatic rings. The molecule has 0 aliphatic heterocycles. The van der Waals surface area contributed by atoms with Crippen molar-refractivity contribution in [2.45, 2.75) is 16.0 Å². The molecule has 0 unspecified atom stereocenters. The van der Waals surface area contributed by atoms with Crippen LogP contribution in [0.2, 0.25) is 5.02 Å². The molecule has 0 atom stereocenters. The molecule has 0 spiro atoms. The summed E-state index contributed by atoms with van der Waals surface area (Å²) in [5.41, 5.74) is 2.29. The third-order valence-corrected chi connectivity index (χ3v) is 6.60. The van der Waals surface area contributed by atoms with E-state index in [1.165, 1.54) is 29.4 Å². The number of halogens is 1. The van der Waals surface area contributed by atoms with Crippen LogP contribution in [0.1, 0.15) is 0 Å². The van der Waals surface area contributed by atoms with Crippen LogP contribution in [0.25, 0.3) is 21.4 Å². The summed E-state index contributed by atoms with van der Waals surface area (Å²) in [6.45, 7) is 0.413. The summed E-state index contributed by atoms with van der Waals surface area (Å²) < 4.78 is 4.43. The van der Waals surface area contributed by atoms with Gasteiger partial charge in [-0.1, -0.05) is 0 Å². The first-order valence-corrected chi connectivity index (χ1v) is 9.86. The molecule has 3 heterocycles. The fourth-order valence-corrected chi connectivity index (χ4v) is 5.08. The van der Waals surface area contributed by atoms with Crippen LogP contribution in [0.5, 0.6) is 0 Å². The van der Waals surface area contributed by atoms with Gasteiger partial charge in [-0.2, -0.15) is 0 Å². The number of aromatic nitrogens is 5. The van der Waals surface area contributed by atoms with Crippen LogP contribution in [-0.4, -0.2) is 53.1 Å². The molecule has 0 aliphatic rings. The Kier molecular flexibility index (Phi) is 4.49. The number of hydrogen-bond donors (Lipinski definition) is 1. The Balaban J connectivity index is 1.81. The van der Waals surface area contributed by atoms with Gasteiger partial charge in [-0.3, -0.25) is 0 Å². The minimum atomic E-state index is 0.00258. The van der Waals surface area contributed by atoms with Crippen molar-refractivity contribution in [3.8, 4) is 0 Å². The average molecular weight is 438 g/mol. The second-order valence-corrected chi connectivity index (χ2v) is 8.32. The zero-order valence-corrected chi connectivity index (χ0v) is 16.3. The van der Waals surface area contributed by atoms with Gasteiger partial charge in [0.2, 0.25) is 0 Å². The zero-order valence-electron chi connectivity index (χ0n) is 12.0. The second-order valence-electron chi connectivity index (χ2n) is 4.81. The second kappa shape index (κ2) is 6.61. The van der Waals surface area contributed by atoms with E-state index in [4.69, 9.17) is 11.6 Å². The molecule has 1 aromatic carbocycles. The van der Waals surface area contributed by atoms with Crippen molar-refractivity contribution >= 4 is 77.4 Å². The molecule has 24 heavy (non-hydrogen) atoms. The van der Waals surface area contributed by atoms with Crippen LogP contribution in [0.4, 0.5) is 0 Å². The van der Waals surface area contributed by atoms with Crippen molar-refractivity contribution < 1.29 is 5.11 Å². The van der Waals surface area contributed by atoms with Crippen molar-refractivity contribution in [2.24, 2.45) is 0 Å². The topological polar surface area (TPSA) is 76.7 Å². The van der Waals surface area contributed by atoms with E-state index in [0.29, 0.717) is 22.7 Å². The molecule has 10 heteroatoms. The Labute approximate surface area is 158 Å². The van der Waals surface area contributed by atoms with Crippen LogP contribution in [-0.2, 0) is 6.54 Å². The summed E-state index contributed by atoms with van der Waals surface area (Å²) in [6.07, 6.45) is 1.50. The molecular weight excluding hydrogens is 429 g/mol. The molecule has 0 amide bonds. The number of imidazole rings is 1. The van der Waals surface area contributed by atoms with Crippen molar-refractivity contribution in [3.63, 3.8) is 0 Å². The predicted molar refractivity (Wildman–Crippen MR) is 96.5 cm³/mol. The first-order valence-electron chi connectivity index (χ1n) is 6.91. The van der Waals surface area contributed by atoms with Gasteiger partial charge in [0.25, 0.3) is 0 Å². The molecule has 6 nitrogen and oxygen atoms in total. The van der Waals surface area contributed by atoms with Gasteiger partial charge < -0.3 is 0 Å². The minimum absolute atomic E-state index is 0.00258. The normalized spacial score (nSPS) is 11.6. The number of benzene rings is 1. The van der Waals surface area contributed by atoms with E-state index in [0.717, 1.165) is 24.2 Å². The summed E-state index contributed by atoms with van der Waals surface area (Å²) in [7, 11) is 0. The first-order chi connectivity index (χ1) is 11.7. The molecule has 0 fully saturated rings. The number of rotatable bonds is 4. The number of aliphatic hydroxyl groups excluding tert-OH is 1. The molecule has 0 saturated heterocycles. The summed E-state index contributed by atoms with van der Waals surface area (Å²) in [5, 5.41) is 10.8. The summed E-state index contributed by atoms with van der Waals surface area (Å²) >= 11 is 11.6. The van der Waals surface area contributed by atoms with Crippen LogP contribution in [0.15, 0.2) is 34.0 Å². The number of thiazole rings is 1. The number of nitrogens with zero attached hydrogens (tertiary/aromatic N) is 5. The van der Waals surface area contributed by atoms with Gasteiger partial charge in [0.15, 0.2) is 0 Å². The molecule has 0 bridgehead atoms. The molecule has 0 saturated carbocycles. The molecule has 4 rings (SSSR count). The summed E-state index contributed by atoms with van der Waals surface area (Å²) in [5.74, 6) is 0. The van der Waals surface area contributed by atoms with Crippen molar-refractivity contribution in [1.82, 2.24) is 24.5 Å². The van der Waals surface area contributed by atoms with Crippen LogP contribution < -0.4 is 4.48 Å². The van der Waals surface area contributed by atoms with Gasteiger partial charge in [0.05, 0.1) is 0 Å². The van der Waals surface area contributed by atoms with Gasteiger partial charge in [0, 0.05) is 0 Å². The van der Waals surface area contributed by atoms with Gasteiger partial charge in [0.1, 0.15) is 0 Å². The molecular formula is C14H9AsClN5OS2. The average Bonchev–Trinajstić information content (AvgIpc) is 3.12. The molecule has 1 N–H and O–H groups in total. The van der Waals surface area contributed by atoms with E-state index in [1.54, 1.807) is 0 Å². The van der Waals surface area contributed by atoms with Crippen molar-refractivity contribution in [3.05, 3.63) is 29.5 Å².